The van der Waals surface area contributed by atoms with Gasteiger partial charge >= 0.3 is 0 Å². The van der Waals surface area contributed by atoms with Crippen LogP contribution in [0.2, 0.25) is 0 Å². The molecule has 9 heteroatoms. The van der Waals surface area contributed by atoms with Crippen molar-refractivity contribution in [2.24, 2.45) is 0 Å². The highest BCUT2D eigenvalue weighted by atomic mass is 16.5. The normalized spacial score (nSPS) is 20.1. The van der Waals surface area contributed by atoms with E-state index in [0.29, 0.717) is 45.4 Å². The van der Waals surface area contributed by atoms with Crippen molar-refractivity contribution in [2.45, 2.75) is 70.1 Å². The standard InChI is InChI=1S/C22H36N4O5/c1-15(26(19-6-7-19)21(28)20-14-23-9-11-31-20)16-12-17(4-2-8-24-22(29)30)25-18(13-16)5-3-10-27/h12-13,15,19-20,22-24,27,29-30H,2-11,14H2,1H3/t15-,20-/m1/s1. The molecular formula is C22H36N4O5. The molecule has 1 aliphatic heterocycles. The van der Waals surface area contributed by atoms with E-state index in [2.05, 4.69) is 17.6 Å². The second kappa shape index (κ2) is 11.8. The highest BCUT2D eigenvalue weighted by Gasteiger charge is 2.40. The van der Waals surface area contributed by atoms with Gasteiger partial charge in [0.1, 0.15) is 6.10 Å². The summed E-state index contributed by atoms with van der Waals surface area (Å²) in [4.78, 5) is 20.0. The number of ether oxygens (including phenoxy) is 1. The summed E-state index contributed by atoms with van der Waals surface area (Å²) in [6.45, 7) is 4.49. The zero-order valence-corrected chi connectivity index (χ0v) is 18.3. The van der Waals surface area contributed by atoms with Crippen LogP contribution in [0.3, 0.4) is 0 Å². The molecule has 2 fully saturated rings. The minimum absolute atomic E-state index is 0.0404. The molecule has 2 heterocycles. The van der Waals surface area contributed by atoms with Gasteiger partial charge in [-0.3, -0.25) is 15.1 Å². The predicted octanol–water partition coefficient (Wildman–Crippen LogP) is -0.163. The van der Waals surface area contributed by atoms with Crippen molar-refractivity contribution in [3.8, 4) is 0 Å². The zero-order chi connectivity index (χ0) is 22.2. The van der Waals surface area contributed by atoms with Gasteiger partial charge in [-0.25, -0.2) is 0 Å². The highest BCUT2D eigenvalue weighted by Crippen LogP contribution is 2.35. The number of hydrogen-bond acceptors (Lipinski definition) is 8. The number of aliphatic hydroxyl groups is 3. The van der Waals surface area contributed by atoms with Gasteiger partial charge in [-0.05, 0) is 63.1 Å². The summed E-state index contributed by atoms with van der Waals surface area (Å²) < 4.78 is 5.73. The number of aliphatic hydroxyl groups excluding tert-OH is 2. The lowest BCUT2D eigenvalue weighted by Crippen LogP contribution is -2.50. The van der Waals surface area contributed by atoms with E-state index in [9.17, 15) is 9.90 Å². The average Bonchev–Trinajstić information content (AvgIpc) is 3.60. The van der Waals surface area contributed by atoms with Gasteiger partial charge in [0.25, 0.3) is 5.91 Å². The van der Waals surface area contributed by atoms with Crippen molar-refractivity contribution in [3.05, 3.63) is 29.1 Å². The van der Waals surface area contributed by atoms with Crippen LogP contribution in [0.1, 0.15) is 55.6 Å². The van der Waals surface area contributed by atoms with Gasteiger partial charge in [0.2, 0.25) is 6.41 Å². The molecule has 0 spiro atoms. The number of carbonyl (C=O) groups excluding carboxylic acids is 1. The molecule has 9 nitrogen and oxygen atoms in total. The average molecular weight is 437 g/mol. The Labute approximate surface area is 183 Å². The third kappa shape index (κ3) is 7.20. The van der Waals surface area contributed by atoms with Gasteiger partial charge in [-0.1, -0.05) is 0 Å². The van der Waals surface area contributed by atoms with Gasteiger partial charge in [0.05, 0.1) is 12.6 Å². The number of nitrogens with one attached hydrogen (secondary N) is 2. The molecule has 1 aliphatic carbocycles. The molecule has 0 radical (unpaired) electrons. The minimum atomic E-state index is -1.52. The van der Waals surface area contributed by atoms with Crippen molar-refractivity contribution >= 4 is 5.91 Å². The first-order chi connectivity index (χ1) is 15.0. The Morgan fingerprint density at radius 2 is 2.00 bits per heavy atom. The predicted molar refractivity (Wildman–Crippen MR) is 115 cm³/mol. The Hall–Kier alpha value is -1.62. The van der Waals surface area contributed by atoms with E-state index in [1.165, 1.54) is 0 Å². The quantitative estimate of drug-likeness (QED) is 0.226. The van der Waals surface area contributed by atoms with E-state index in [1.54, 1.807) is 0 Å². The van der Waals surface area contributed by atoms with E-state index < -0.39 is 12.5 Å². The summed E-state index contributed by atoms with van der Waals surface area (Å²) in [5.41, 5.74) is 2.85. The maximum atomic E-state index is 13.3. The third-order valence-electron chi connectivity index (χ3n) is 5.78. The molecule has 3 rings (SSSR count). The Kier molecular flexibility index (Phi) is 9.18. The maximum Gasteiger partial charge on any atom is 0.253 e. The van der Waals surface area contributed by atoms with E-state index in [0.717, 1.165) is 36.3 Å². The van der Waals surface area contributed by atoms with E-state index >= 15 is 0 Å². The first-order valence-electron chi connectivity index (χ1n) is 11.3. The van der Waals surface area contributed by atoms with Crippen molar-refractivity contribution in [2.75, 3.05) is 32.8 Å². The summed E-state index contributed by atoms with van der Waals surface area (Å²) in [5, 5.41) is 32.9. The molecule has 1 amide bonds. The Balaban J connectivity index is 1.76. The number of morpholine rings is 1. The molecule has 1 saturated heterocycles. The van der Waals surface area contributed by atoms with Crippen molar-refractivity contribution in [1.29, 1.82) is 0 Å². The number of aromatic nitrogens is 1. The van der Waals surface area contributed by atoms with Crippen molar-refractivity contribution in [3.63, 3.8) is 0 Å². The molecule has 0 unspecified atom stereocenters. The molecule has 1 aromatic rings. The van der Waals surface area contributed by atoms with E-state index in [-0.39, 0.29) is 24.6 Å². The molecular weight excluding hydrogens is 400 g/mol. The van der Waals surface area contributed by atoms with Gasteiger partial charge in [-0.2, -0.15) is 0 Å². The molecule has 1 saturated carbocycles. The highest BCUT2D eigenvalue weighted by molar-refractivity contribution is 5.82. The van der Waals surface area contributed by atoms with Gasteiger partial charge in [0, 0.05) is 43.7 Å². The molecule has 2 aliphatic rings. The number of rotatable bonds is 12. The summed E-state index contributed by atoms with van der Waals surface area (Å²) >= 11 is 0. The van der Waals surface area contributed by atoms with Crippen molar-refractivity contribution in [1.82, 2.24) is 20.5 Å². The second-order valence-electron chi connectivity index (χ2n) is 8.36. The summed E-state index contributed by atoms with van der Waals surface area (Å²) in [6, 6.07) is 4.24. The number of nitrogens with zero attached hydrogens (tertiary/aromatic N) is 2. The topological polar surface area (TPSA) is 127 Å². The summed E-state index contributed by atoms with van der Waals surface area (Å²) in [7, 11) is 0. The van der Waals surface area contributed by atoms with Crippen LogP contribution in [0, 0.1) is 0 Å². The number of carbonyl (C=O) groups is 1. The fourth-order valence-electron chi connectivity index (χ4n) is 4.02. The van der Waals surface area contributed by atoms with Crippen LogP contribution >= 0.6 is 0 Å². The van der Waals surface area contributed by atoms with Gasteiger partial charge in [0.15, 0.2) is 0 Å². The van der Waals surface area contributed by atoms with Crippen molar-refractivity contribution < 1.29 is 24.9 Å². The Morgan fingerprint density at radius 3 is 2.58 bits per heavy atom. The summed E-state index contributed by atoms with van der Waals surface area (Å²) in [5.74, 6) is 0.0404. The minimum Gasteiger partial charge on any atom is -0.396 e. The monoisotopic (exact) mass is 436 g/mol. The fraction of sp³-hybridized carbons (Fsp3) is 0.727. The molecule has 2 atom stereocenters. The third-order valence-corrected chi connectivity index (χ3v) is 5.78. The zero-order valence-electron chi connectivity index (χ0n) is 18.3. The van der Waals surface area contributed by atoms with Crippen LogP contribution in [0.15, 0.2) is 12.1 Å². The van der Waals surface area contributed by atoms with Gasteiger partial charge in [-0.15, -0.1) is 0 Å². The molecule has 31 heavy (non-hydrogen) atoms. The Bertz CT molecular complexity index is 707. The lowest BCUT2D eigenvalue weighted by molar-refractivity contribution is -0.148. The van der Waals surface area contributed by atoms with Crippen LogP contribution < -0.4 is 10.6 Å². The van der Waals surface area contributed by atoms with Crippen LogP contribution in [0.4, 0.5) is 0 Å². The molecule has 0 bridgehead atoms. The largest absolute Gasteiger partial charge is 0.396 e. The van der Waals surface area contributed by atoms with E-state index in [4.69, 9.17) is 19.9 Å². The Morgan fingerprint density at radius 1 is 1.29 bits per heavy atom. The number of aryl methyl sites for hydroxylation is 2. The fourth-order valence-corrected chi connectivity index (χ4v) is 4.02. The molecule has 174 valence electrons. The molecule has 5 N–H and O–H groups in total. The summed E-state index contributed by atoms with van der Waals surface area (Å²) in [6.07, 6.45) is 2.76. The van der Waals surface area contributed by atoms with Crippen LogP contribution in [-0.2, 0) is 22.4 Å². The van der Waals surface area contributed by atoms with Gasteiger partial charge < -0.3 is 30.3 Å². The van der Waals surface area contributed by atoms with Crippen LogP contribution in [-0.4, -0.2) is 82.5 Å². The number of hydrogen-bond donors (Lipinski definition) is 5. The lowest BCUT2D eigenvalue weighted by atomic mass is 10.0. The first-order valence-corrected chi connectivity index (χ1v) is 11.3. The van der Waals surface area contributed by atoms with Crippen LogP contribution in [0.5, 0.6) is 0 Å². The number of amides is 1. The molecule has 1 aromatic heterocycles. The molecule has 0 aromatic carbocycles. The maximum absolute atomic E-state index is 13.3. The lowest BCUT2D eigenvalue weighted by Gasteiger charge is -2.34. The van der Waals surface area contributed by atoms with Crippen LogP contribution in [0.25, 0.3) is 0 Å². The number of pyridine rings is 1. The second-order valence-corrected chi connectivity index (χ2v) is 8.36. The SMILES string of the molecule is C[C@H](c1cc(CCCO)nc(CCCNC(O)O)c1)N(C(=O)[C@H]1CNCCO1)C1CC1. The first kappa shape index (κ1) is 24.0. The smallest absolute Gasteiger partial charge is 0.253 e. The van der Waals surface area contributed by atoms with E-state index in [1.807, 2.05) is 17.0 Å².